The number of H-pyrrole nitrogens is 1. The van der Waals surface area contributed by atoms with Gasteiger partial charge in [-0.15, -0.1) is 13.2 Å². The zero-order valence-corrected chi connectivity index (χ0v) is 15.9. The number of halogens is 3. The molecule has 162 valence electrons. The predicted octanol–water partition coefficient (Wildman–Crippen LogP) is 2.37. The van der Waals surface area contributed by atoms with Crippen molar-refractivity contribution in [1.82, 2.24) is 19.1 Å². The highest BCUT2D eigenvalue weighted by molar-refractivity contribution is 5.70. The number of ether oxygens (including phenoxy) is 2. The topological polar surface area (TPSA) is 111 Å². The number of aliphatic hydroxyl groups excluding tert-OH is 1. The number of imidazole rings is 1. The lowest BCUT2D eigenvalue weighted by atomic mass is 10.3. The number of hydrogen-bond acceptors (Lipinski definition) is 6. The Balaban J connectivity index is 2.02. The first kappa shape index (κ1) is 21.4. The van der Waals surface area contributed by atoms with Crippen molar-refractivity contribution in [2.75, 3.05) is 6.61 Å². The Kier molecular flexibility index (Phi) is 6.15. The minimum Gasteiger partial charge on any atom is -0.425 e. The highest BCUT2D eigenvalue weighted by Crippen LogP contribution is 2.28. The lowest BCUT2D eigenvalue weighted by Gasteiger charge is -2.09. The summed E-state index contributed by atoms with van der Waals surface area (Å²) in [6.45, 7) is 1.97. The maximum atomic E-state index is 12.7. The molecule has 0 bridgehead atoms. The van der Waals surface area contributed by atoms with E-state index in [1.54, 1.807) is 0 Å². The number of nitrogens with one attached hydrogen (secondary N) is 1. The number of nitrogens with zero attached hydrogens (tertiary/aromatic N) is 3. The third kappa shape index (κ3) is 4.64. The second-order valence-corrected chi connectivity index (χ2v) is 6.33. The molecule has 0 aliphatic carbocycles. The zero-order chi connectivity index (χ0) is 21.9. The molecule has 1 aromatic carbocycles. The number of aryl methyl sites for hydroxylation is 1. The third-order valence-electron chi connectivity index (χ3n) is 4.08. The normalized spacial score (nSPS) is 11.8. The average Bonchev–Trinajstić information content (AvgIpc) is 3.08. The van der Waals surface area contributed by atoms with Crippen LogP contribution in [0.2, 0.25) is 0 Å². The van der Waals surface area contributed by atoms with Crippen molar-refractivity contribution in [3.8, 4) is 17.5 Å². The summed E-state index contributed by atoms with van der Waals surface area (Å²) in [4.78, 5) is 32.2. The molecule has 3 rings (SSSR count). The van der Waals surface area contributed by atoms with Crippen molar-refractivity contribution in [2.45, 2.75) is 39.2 Å². The van der Waals surface area contributed by atoms with E-state index in [-0.39, 0.29) is 49.0 Å². The molecule has 0 aliphatic rings. The second kappa shape index (κ2) is 8.61. The molecule has 12 heteroatoms. The van der Waals surface area contributed by atoms with Gasteiger partial charge in [0.2, 0.25) is 0 Å². The average molecular weight is 428 g/mol. The summed E-state index contributed by atoms with van der Waals surface area (Å²) < 4.78 is 48.8. The highest BCUT2D eigenvalue weighted by Gasteiger charge is 2.31. The van der Waals surface area contributed by atoms with E-state index < -0.39 is 23.4 Å². The molecule has 2 N–H and O–H groups in total. The number of benzene rings is 1. The number of fused-ring (bicyclic) bond motifs is 1. The summed E-state index contributed by atoms with van der Waals surface area (Å²) in [6, 6.07) is 4.63. The van der Waals surface area contributed by atoms with Crippen LogP contribution in [0.4, 0.5) is 13.2 Å². The van der Waals surface area contributed by atoms with Crippen LogP contribution < -0.4 is 20.7 Å². The molecular formula is C18H19F3N4O5. The number of hydrogen-bond donors (Lipinski definition) is 2. The van der Waals surface area contributed by atoms with Gasteiger partial charge in [-0.05, 0) is 25.0 Å². The van der Waals surface area contributed by atoms with Crippen LogP contribution in [-0.4, -0.2) is 37.2 Å². The number of aliphatic hydroxyl groups is 1. The summed E-state index contributed by atoms with van der Waals surface area (Å²) in [7, 11) is 0. The van der Waals surface area contributed by atoms with E-state index in [9.17, 15) is 22.8 Å². The molecule has 0 amide bonds. The summed E-state index contributed by atoms with van der Waals surface area (Å²) in [5.74, 6) is -0.494. The van der Waals surface area contributed by atoms with Crippen LogP contribution in [-0.2, 0) is 13.1 Å². The van der Waals surface area contributed by atoms with Gasteiger partial charge in [0.25, 0.3) is 5.56 Å². The molecule has 0 aliphatic heterocycles. The molecule has 0 atom stereocenters. The number of alkyl halides is 3. The quantitative estimate of drug-likeness (QED) is 0.570. The molecule has 9 nitrogen and oxygen atoms in total. The second-order valence-electron chi connectivity index (χ2n) is 6.33. The van der Waals surface area contributed by atoms with Gasteiger partial charge in [0, 0.05) is 25.8 Å². The Labute approximate surface area is 167 Å². The summed E-state index contributed by atoms with van der Waals surface area (Å²) in [6.07, 6.45) is -4.04. The standard InChI is InChI=1S/C18H19F3N4O5/c1-2-7-24-14-13(15(27)25(17(24)28)8-4-9-26)22-16(23-14)29-11-5-3-6-12(10-11)30-18(19,20)21/h3,5-6,10,26H,2,4,7-9H2,1H3,(H,22,23). The summed E-state index contributed by atoms with van der Waals surface area (Å²) >= 11 is 0. The van der Waals surface area contributed by atoms with E-state index in [0.717, 1.165) is 16.7 Å². The smallest absolute Gasteiger partial charge is 0.425 e. The zero-order valence-electron chi connectivity index (χ0n) is 15.9. The van der Waals surface area contributed by atoms with Crippen molar-refractivity contribution in [3.63, 3.8) is 0 Å². The molecule has 2 heterocycles. The van der Waals surface area contributed by atoms with E-state index in [4.69, 9.17) is 9.84 Å². The Hall–Kier alpha value is -3.28. The molecule has 0 unspecified atom stereocenters. The van der Waals surface area contributed by atoms with E-state index in [0.29, 0.717) is 6.42 Å². The van der Waals surface area contributed by atoms with E-state index >= 15 is 0 Å². The Morgan fingerprint density at radius 1 is 1.17 bits per heavy atom. The number of rotatable bonds is 8. The molecule has 0 spiro atoms. The van der Waals surface area contributed by atoms with Crippen molar-refractivity contribution < 1.29 is 27.8 Å². The first-order valence-corrected chi connectivity index (χ1v) is 9.11. The SMILES string of the molecule is CCCn1c(=O)n(CCCO)c(=O)c2[nH]c(Oc3cccc(OC(F)(F)F)c3)nc21. The van der Waals surface area contributed by atoms with Crippen LogP contribution in [0.3, 0.4) is 0 Å². The van der Waals surface area contributed by atoms with Crippen LogP contribution in [0.15, 0.2) is 33.9 Å². The van der Waals surface area contributed by atoms with Gasteiger partial charge in [0.1, 0.15) is 11.5 Å². The van der Waals surface area contributed by atoms with Crippen LogP contribution in [0.25, 0.3) is 11.2 Å². The van der Waals surface area contributed by atoms with Crippen LogP contribution in [0.5, 0.6) is 17.5 Å². The van der Waals surface area contributed by atoms with Crippen molar-refractivity contribution in [1.29, 1.82) is 0 Å². The maximum Gasteiger partial charge on any atom is 0.573 e. The fourth-order valence-corrected chi connectivity index (χ4v) is 2.89. The van der Waals surface area contributed by atoms with Gasteiger partial charge in [0.15, 0.2) is 11.2 Å². The van der Waals surface area contributed by atoms with Gasteiger partial charge in [0.05, 0.1) is 0 Å². The molecule has 30 heavy (non-hydrogen) atoms. The molecular weight excluding hydrogens is 409 g/mol. The van der Waals surface area contributed by atoms with E-state index in [1.807, 2.05) is 6.92 Å². The van der Waals surface area contributed by atoms with Crippen LogP contribution in [0, 0.1) is 0 Å². The lowest BCUT2D eigenvalue weighted by molar-refractivity contribution is -0.274. The van der Waals surface area contributed by atoms with Gasteiger partial charge in [-0.2, -0.15) is 4.98 Å². The van der Waals surface area contributed by atoms with Gasteiger partial charge in [-0.1, -0.05) is 13.0 Å². The Bertz CT molecular complexity index is 1150. The first-order valence-electron chi connectivity index (χ1n) is 9.11. The third-order valence-corrected chi connectivity index (χ3v) is 4.08. The van der Waals surface area contributed by atoms with Crippen LogP contribution in [0.1, 0.15) is 19.8 Å². The molecule has 3 aromatic rings. The van der Waals surface area contributed by atoms with Gasteiger partial charge >= 0.3 is 18.1 Å². The Morgan fingerprint density at radius 2 is 1.90 bits per heavy atom. The van der Waals surface area contributed by atoms with Gasteiger partial charge in [-0.3, -0.25) is 13.9 Å². The molecule has 2 aromatic heterocycles. The molecule has 0 fully saturated rings. The largest absolute Gasteiger partial charge is 0.573 e. The monoisotopic (exact) mass is 428 g/mol. The Morgan fingerprint density at radius 3 is 2.57 bits per heavy atom. The highest BCUT2D eigenvalue weighted by atomic mass is 19.4. The number of aromatic nitrogens is 4. The maximum absolute atomic E-state index is 12.7. The fraction of sp³-hybridized carbons (Fsp3) is 0.389. The number of aromatic amines is 1. The van der Waals surface area contributed by atoms with E-state index in [2.05, 4.69) is 14.7 Å². The van der Waals surface area contributed by atoms with Crippen molar-refractivity contribution in [3.05, 3.63) is 45.1 Å². The molecule has 0 saturated carbocycles. The molecule has 0 radical (unpaired) electrons. The van der Waals surface area contributed by atoms with Crippen molar-refractivity contribution in [2.24, 2.45) is 0 Å². The van der Waals surface area contributed by atoms with Gasteiger partial charge < -0.3 is 19.6 Å². The lowest BCUT2D eigenvalue weighted by Crippen LogP contribution is -2.40. The summed E-state index contributed by atoms with van der Waals surface area (Å²) in [5, 5.41) is 9.01. The minimum atomic E-state index is -4.85. The van der Waals surface area contributed by atoms with E-state index in [1.165, 1.54) is 16.7 Å². The predicted molar refractivity (Wildman–Crippen MR) is 99.8 cm³/mol. The fourth-order valence-electron chi connectivity index (χ4n) is 2.89. The van der Waals surface area contributed by atoms with Gasteiger partial charge in [-0.25, -0.2) is 4.79 Å². The molecule has 0 saturated heterocycles. The van der Waals surface area contributed by atoms with Crippen LogP contribution >= 0.6 is 0 Å². The first-order chi connectivity index (χ1) is 14.2. The van der Waals surface area contributed by atoms with Crippen molar-refractivity contribution >= 4 is 11.2 Å². The summed E-state index contributed by atoms with van der Waals surface area (Å²) in [5.41, 5.74) is -1.11. The minimum absolute atomic E-state index is 0.0127.